The van der Waals surface area contributed by atoms with Crippen molar-refractivity contribution in [3.63, 3.8) is 0 Å². The van der Waals surface area contributed by atoms with Crippen LogP contribution < -0.4 is 15.8 Å². The van der Waals surface area contributed by atoms with Crippen LogP contribution in [0.15, 0.2) is 77.9 Å². The number of nitrogens with zero attached hydrogens (tertiary/aromatic N) is 3. The predicted octanol–water partition coefficient (Wildman–Crippen LogP) is 4.26. The van der Waals surface area contributed by atoms with Crippen molar-refractivity contribution in [2.24, 2.45) is 16.6 Å². The van der Waals surface area contributed by atoms with Gasteiger partial charge in [0.25, 0.3) is 5.88 Å². The Kier molecular flexibility index (Phi) is 6.89. The van der Waals surface area contributed by atoms with Gasteiger partial charge in [0, 0.05) is 25.0 Å². The van der Waals surface area contributed by atoms with Gasteiger partial charge in [-0.2, -0.15) is 0 Å². The van der Waals surface area contributed by atoms with Crippen LogP contribution in [-0.2, 0) is 9.53 Å². The summed E-state index contributed by atoms with van der Waals surface area (Å²) in [5.41, 5.74) is 8.19. The van der Waals surface area contributed by atoms with E-state index in [-0.39, 0.29) is 17.8 Å². The third-order valence-electron chi connectivity index (χ3n) is 5.19. The topological polar surface area (TPSA) is 102 Å². The lowest BCUT2D eigenvalue weighted by molar-refractivity contribution is -0.144. The molecule has 1 atom stereocenters. The number of nitrogens with one attached hydrogen (secondary N) is 1. The fourth-order valence-electron chi connectivity index (χ4n) is 3.51. The molecular formula is C24H25N5O3S. The zero-order chi connectivity index (χ0) is 23.2. The van der Waals surface area contributed by atoms with Crippen LogP contribution in [0.1, 0.15) is 6.42 Å². The molecule has 0 radical (unpaired) electrons. The van der Waals surface area contributed by atoms with Gasteiger partial charge in [0.1, 0.15) is 5.75 Å². The molecule has 8 nitrogen and oxygen atoms in total. The summed E-state index contributed by atoms with van der Waals surface area (Å²) in [5.74, 6) is 0.723. The van der Waals surface area contributed by atoms with Gasteiger partial charge in [-0.3, -0.25) is 4.79 Å². The highest BCUT2D eigenvalue weighted by Crippen LogP contribution is 2.29. The number of esters is 1. The van der Waals surface area contributed by atoms with Gasteiger partial charge in [0.2, 0.25) is 0 Å². The number of methoxy groups -OCH3 is 1. The Labute approximate surface area is 196 Å². The molecule has 4 rings (SSSR count). The van der Waals surface area contributed by atoms with Gasteiger partial charge < -0.3 is 25.4 Å². The maximum Gasteiger partial charge on any atom is 0.310 e. The van der Waals surface area contributed by atoms with Gasteiger partial charge in [-0.15, -0.1) is 0 Å². The number of ether oxygens (including phenoxy) is 2. The molecule has 1 aromatic heterocycles. The van der Waals surface area contributed by atoms with Gasteiger partial charge in [0.05, 0.1) is 23.2 Å². The third kappa shape index (κ3) is 5.32. The molecule has 0 saturated carbocycles. The van der Waals surface area contributed by atoms with Crippen LogP contribution in [0.4, 0.5) is 10.8 Å². The van der Waals surface area contributed by atoms with Crippen LogP contribution in [0.5, 0.6) is 5.75 Å². The summed E-state index contributed by atoms with van der Waals surface area (Å²) in [7, 11) is 1.39. The molecule has 2 aromatic carbocycles. The average Bonchev–Trinajstić information content (AvgIpc) is 3.49. The Balaban J connectivity index is 1.47. The molecule has 0 aliphatic carbocycles. The number of aromatic nitrogens is 1. The number of hydrogen-bond acceptors (Lipinski definition) is 9. The van der Waals surface area contributed by atoms with Gasteiger partial charge in [0.15, 0.2) is 11.0 Å². The summed E-state index contributed by atoms with van der Waals surface area (Å²) >= 11 is 1.59. The number of para-hydroxylation sites is 1. The van der Waals surface area contributed by atoms with Crippen molar-refractivity contribution in [3.8, 4) is 5.75 Å². The number of aliphatic imine (C=N–C) groups is 1. The first kappa shape index (κ1) is 22.3. The SMILES string of the molecule is C=CC=N/C(Oc1ccc(Nc2nc3ccccc3s2)cc1)=C(\N)N1CCC(C(=O)OC)C1. The van der Waals surface area contributed by atoms with Gasteiger partial charge in [-0.05, 0) is 42.8 Å². The lowest BCUT2D eigenvalue weighted by atomic mass is 10.1. The quantitative estimate of drug-likeness (QED) is 0.292. The number of likely N-dealkylation sites (tertiary alicyclic amines) is 1. The number of carbonyl (C=O) groups is 1. The maximum atomic E-state index is 11.8. The second-order valence-electron chi connectivity index (χ2n) is 7.40. The Morgan fingerprint density at radius 1 is 1.30 bits per heavy atom. The molecule has 2 heterocycles. The molecule has 1 fully saturated rings. The number of hydrogen-bond donors (Lipinski definition) is 2. The lowest BCUT2D eigenvalue weighted by Gasteiger charge is -2.20. The second-order valence-corrected chi connectivity index (χ2v) is 8.43. The van der Waals surface area contributed by atoms with E-state index >= 15 is 0 Å². The Bertz CT molecular complexity index is 1170. The van der Waals surface area contributed by atoms with E-state index in [4.69, 9.17) is 15.2 Å². The standard InChI is InChI=1S/C24H25N5O3S/c1-3-13-26-22(21(25)29-14-12-16(15-29)23(30)31-2)32-18-10-8-17(9-11-18)27-24-28-19-6-4-5-7-20(19)33-24/h3-11,13,16H,1,12,14-15,25H2,2H3,(H,27,28)/b22-21-,26-13?. The molecule has 0 bridgehead atoms. The summed E-state index contributed by atoms with van der Waals surface area (Å²) in [5, 5.41) is 4.14. The summed E-state index contributed by atoms with van der Waals surface area (Å²) in [4.78, 5) is 22.6. The monoisotopic (exact) mass is 463 g/mol. The van der Waals surface area contributed by atoms with Crippen LogP contribution in [0.2, 0.25) is 0 Å². The minimum absolute atomic E-state index is 0.217. The summed E-state index contributed by atoms with van der Waals surface area (Å²) in [6, 6.07) is 15.5. The first-order valence-corrected chi connectivity index (χ1v) is 11.3. The number of benzene rings is 2. The minimum Gasteiger partial charge on any atom is -0.469 e. The van der Waals surface area contributed by atoms with Gasteiger partial charge in [-0.25, -0.2) is 9.98 Å². The molecule has 9 heteroatoms. The smallest absolute Gasteiger partial charge is 0.310 e. The summed E-state index contributed by atoms with van der Waals surface area (Å²) < 4.78 is 12.0. The fraction of sp³-hybridized carbons (Fsp3) is 0.208. The normalized spacial score (nSPS) is 16.6. The van der Waals surface area contributed by atoms with E-state index in [1.165, 1.54) is 13.3 Å². The molecule has 0 spiro atoms. The minimum atomic E-state index is -0.237. The number of fused-ring (bicyclic) bond motifs is 1. The molecule has 1 aliphatic rings. The molecule has 1 aliphatic heterocycles. The van der Waals surface area contributed by atoms with Crippen molar-refractivity contribution in [1.29, 1.82) is 0 Å². The maximum absolute atomic E-state index is 11.8. The number of rotatable bonds is 8. The van der Waals surface area contributed by atoms with Crippen LogP contribution in [0.25, 0.3) is 10.2 Å². The van der Waals surface area contributed by atoms with E-state index in [0.29, 0.717) is 31.1 Å². The predicted molar refractivity (Wildman–Crippen MR) is 132 cm³/mol. The number of allylic oxidation sites excluding steroid dienone is 1. The van der Waals surface area contributed by atoms with E-state index in [1.54, 1.807) is 17.4 Å². The first-order valence-electron chi connectivity index (χ1n) is 10.5. The molecule has 0 amide bonds. The van der Waals surface area contributed by atoms with E-state index in [1.807, 2.05) is 53.4 Å². The summed E-state index contributed by atoms with van der Waals surface area (Å²) in [6.45, 7) is 4.73. The lowest BCUT2D eigenvalue weighted by Crippen LogP contribution is -2.29. The fourth-order valence-corrected chi connectivity index (χ4v) is 4.39. The van der Waals surface area contributed by atoms with E-state index in [2.05, 4.69) is 21.9 Å². The van der Waals surface area contributed by atoms with Crippen molar-refractivity contribution in [3.05, 3.63) is 72.9 Å². The van der Waals surface area contributed by atoms with E-state index in [9.17, 15) is 4.79 Å². The van der Waals surface area contributed by atoms with Gasteiger partial charge >= 0.3 is 5.97 Å². The number of carbonyl (C=O) groups excluding carboxylic acids is 1. The molecule has 3 aromatic rings. The highest BCUT2D eigenvalue weighted by Gasteiger charge is 2.31. The average molecular weight is 464 g/mol. The molecule has 1 saturated heterocycles. The Hall–Kier alpha value is -3.85. The number of nitrogens with two attached hydrogens (primary N) is 1. The van der Waals surface area contributed by atoms with Gasteiger partial charge in [-0.1, -0.05) is 36.1 Å². The van der Waals surface area contributed by atoms with Crippen LogP contribution in [-0.4, -0.2) is 42.3 Å². The Morgan fingerprint density at radius 2 is 2.09 bits per heavy atom. The summed E-state index contributed by atoms with van der Waals surface area (Å²) in [6.07, 6.45) is 3.72. The second kappa shape index (κ2) is 10.2. The van der Waals surface area contributed by atoms with E-state index < -0.39 is 0 Å². The molecule has 33 heavy (non-hydrogen) atoms. The van der Waals surface area contributed by atoms with Crippen molar-refractivity contribution in [2.45, 2.75) is 6.42 Å². The van der Waals surface area contributed by atoms with Crippen molar-refractivity contribution >= 4 is 44.6 Å². The third-order valence-corrected chi connectivity index (χ3v) is 6.15. The largest absolute Gasteiger partial charge is 0.469 e. The Morgan fingerprint density at radius 3 is 2.82 bits per heavy atom. The molecular weight excluding hydrogens is 438 g/mol. The molecule has 1 unspecified atom stereocenters. The van der Waals surface area contributed by atoms with Crippen LogP contribution >= 0.6 is 11.3 Å². The molecule has 3 N–H and O–H groups in total. The molecule has 170 valence electrons. The zero-order valence-corrected chi connectivity index (χ0v) is 19.0. The first-order chi connectivity index (χ1) is 16.1. The van der Waals surface area contributed by atoms with Crippen molar-refractivity contribution < 1.29 is 14.3 Å². The number of thiazole rings is 1. The highest BCUT2D eigenvalue weighted by molar-refractivity contribution is 7.22. The van der Waals surface area contributed by atoms with Crippen molar-refractivity contribution in [2.75, 3.05) is 25.5 Å². The van der Waals surface area contributed by atoms with Crippen LogP contribution in [0.3, 0.4) is 0 Å². The number of anilines is 2. The highest BCUT2D eigenvalue weighted by atomic mass is 32.1. The van der Waals surface area contributed by atoms with Crippen molar-refractivity contribution in [1.82, 2.24) is 9.88 Å². The van der Waals surface area contributed by atoms with E-state index in [0.717, 1.165) is 21.0 Å². The zero-order valence-electron chi connectivity index (χ0n) is 18.2. The van der Waals surface area contributed by atoms with Crippen LogP contribution in [0, 0.1) is 5.92 Å².